The first-order valence-corrected chi connectivity index (χ1v) is 7.31. The number of β-amino-alcohol motifs (C(OH)–C–C–N with tert-alkyl or cyclic N) is 1. The molecule has 1 saturated carbocycles. The average Bonchev–Trinajstić information content (AvgIpc) is 3.19. The van der Waals surface area contributed by atoms with Crippen LogP contribution in [0.1, 0.15) is 37.3 Å². The van der Waals surface area contributed by atoms with E-state index in [1.807, 2.05) is 19.1 Å². The summed E-state index contributed by atoms with van der Waals surface area (Å²) < 4.78 is 0. The largest absolute Gasteiger partial charge is 0.388 e. The van der Waals surface area contributed by atoms with Gasteiger partial charge in [0.25, 0.3) is 0 Å². The third-order valence-electron chi connectivity index (χ3n) is 4.15. The summed E-state index contributed by atoms with van der Waals surface area (Å²) in [6.45, 7) is 4.09. The van der Waals surface area contributed by atoms with Crippen LogP contribution in [0, 0.1) is 11.3 Å². The topological polar surface area (TPSA) is 59.3 Å². The van der Waals surface area contributed by atoms with Crippen molar-refractivity contribution in [3.8, 4) is 6.07 Å². The van der Waals surface area contributed by atoms with Crippen LogP contribution in [0.25, 0.3) is 0 Å². The molecule has 0 spiro atoms. The molecular formula is C16H21N3O. The number of nitriles is 1. The third-order valence-corrected chi connectivity index (χ3v) is 4.15. The molecule has 1 aliphatic heterocycles. The van der Waals surface area contributed by atoms with Gasteiger partial charge in [-0.2, -0.15) is 5.26 Å². The second-order valence-electron chi connectivity index (χ2n) is 6.29. The van der Waals surface area contributed by atoms with Crippen molar-refractivity contribution in [3.63, 3.8) is 0 Å². The summed E-state index contributed by atoms with van der Waals surface area (Å²) in [5.74, 6) is 0. The molecule has 0 radical (unpaired) electrons. The molecule has 1 aliphatic carbocycles. The molecule has 1 aromatic rings. The molecule has 1 heterocycles. The quantitative estimate of drug-likeness (QED) is 0.876. The van der Waals surface area contributed by atoms with Gasteiger partial charge in [-0.3, -0.25) is 0 Å². The standard InChI is InChI=1S/C16H21N3O/c1-16(20)6-7-19(11-16)15-5-2-12(8-13(15)9-17)10-18-14-3-4-14/h2,5,8,14,18,20H,3-4,6-7,10-11H2,1H3. The van der Waals surface area contributed by atoms with E-state index in [-0.39, 0.29) is 0 Å². The van der Waals surface area contributed by atoms with E-state index in [1.165, 1.54) is 12.8 Å². The van der Waals surface area contributed by atoms with E-state index in [0.29, 0.717) is 18.2 Å². The van der Waals surface area contributed by atoms with E-state index >= 15 is 0 Å². The van der Waals surface area contributed by atoms with E-state index in [4.69, 9.17) is 0 Å². The summed E-state index contributed by atoms with van der Waals surface area (Å²) in [5, 5.41) is 22.9. The summed E-state index contributed by atoms with van der Waals surface area (Å²) in [5.41, 5.74) is 2.17. The van der Waals surface area contributed by atoms with E-state index in [2.05, 4.69) is 22.4 Å². The van der Waals surface area contributed by atoms with Crippen LogP contribution in [0.4, 0.5) is 5.69 Å². The number of hydrogen-bond donors (Lipinski definition) is 2. The Morgan fingerprint density at radius 2 is 2.30 bits per heavy atom. The minimum Gasteiger partial charge on any atom is -0.388 e. The third kappa shape index (κ3) is 2.95. The van der Waals surface area contributed by atoms with Gasteiger partial charge in [-0.1, -0.05) is 6.07 Å². The normalized spacial score (nSPS) is 25.8. The van der Waals surface area contributed by atoms with Crippen molar-refractivity contribution in [1.82, 2.24) is 5.32 Å². The lowest BCUT2D eigenvalue weighted by molar-refractivity contribution is 0.0839. The highest BCUT2D eigenvalue weighted by Crippen LogP contribution is 2.29. The molecule has 2 fully saturated rings. The van der Waals surface area contributed by atoms with Crippen LogP contribution in [0.3, 0.4) is 0 Å². The number of aliphatic hydroxyl groups is 1. The Morgan fingerprint density at radius 1 is 1.50 bits per heavy atom. The molecule has 1 aromatic carbocycles. The van der Waals surface area contributed by atoms with Crippen molar-refractivity contribution >= 4 is 5.69 Å². The van der Waals surface area contributed by atoms with Gasteiger partial charge in [-0.25, -0.2) is 0 Å². The van der Waals surface area contributed by atoms with Crippen molar-refractivity contribution in [2.75, 3.05) is 18.0 Å². The zero-order chi connectivity index (χ0) is 14.2. The molecule has 0 bridgehead atoms. The van der Waals surface area contributed by atoms with Gasteiger partial charge in [0.1, 0.15) is 6.07 Å². The lowest BCUT2D eigenvalue weighted by atomic mass is 10.1. The monoisotopic (exact) mass is 271 g/mol. The highest BCUT2D eigenvalue weighted by molar-refractivity contribution is 5.61. The summed E-state index contributed by atoms with van der Waals surface area (Å²) in [6, 6.07) is 9.04. The fourth-order valence-corrected chi connectivity index (χ4v) is 2.76. The van der Waals surface area contributed by atoms with Crippen LogP contribution < -0.4 is 10.2 Å². The van der Waals surface area contributed by atoms with Crippen molar-refractivity contribution in [3.05, 3.63) is 29.3 Å². The number of benzene rings is 1. The predicted octanol–water partition coefficient (Wildman–Crippen LogP) is 1.77. The van der Waals surface area contributed by atoms with E-state index < -0.39 is 5.60 Å². The van der Waals surface area contributed by atoms with Crippen LogP contribution in [0.2, 0.25) is 0 Å². The summed E-state index contributed by atoms with van der Waals surface area (Å²) in [4.78, 5) is 2.11. The molecule has 1 unspecified atom stereocenters. The molecule has 1 saturated heterocycles. The maximum Gasteiger partial charge on any atom is 0.101 e. The lowest BCUT2D eigenvalue weighted by Crippen LogP contribution is -2.30. The van der Waals surface area contributed by atoms with Gasteiger partial charge in [0.05, 0.1) is 16.9 Å². The van der Waals surface area contributed by atoms with Gasteiger partial charge < -0.3 is 15.3 Å². The first-order valence-electron chi connectivity index (χ1n) is 7.31. The maximum atomic E-state index is 10.1. The Morgan fingerprint density at radius 3 is 2.90 bits per heavy atom. The number of nitrogens with one attached hydrogen (secondary N) is 1. The lowest BCUT2D eigenvalue weighted by Gasteiger charge is -2.22. The van der Waals surface area contributed by atoms with Crippen LogP contribution in [-0.2, 0) is 6.54 Å². The van der Waals surface area contributed by atoms with Gasteiger partial charge in [-0.05, 0) is 43.9 Å². The Bertz CT molecular complexity index is 543. The zero-order valence-electron chi connectivity index (χ0n) is 11.9. The zero-order valence-corrected chi connectivity index (χ0v) is 11.9. The van der Waals surface area contributed by atoms with E-state index in [0.717, 1.165) is 30.8 Å². The van der Waals surface area contributed by atoms with Crippen LogP contribution >= 0.6 is 0 Å². The molecule has 1 atom stereocenters. The smallest absolute Gasteiger partial charge is 0.101 e. The molecule has 2 aliphatic rings. The highest BCUT2D eigenvalue weighted by atomic mass is 16.3. The maximum absolute atomic E-state index is 10.1. The number of rotatable bonds is 4. The molecule has 3 rings (SSSR count). The molecule has 4 heteroatoms. The molecule has 2 N–H and O–H groups in total. The minimum atomic E-state index is -0.640. The number of anilines is 1. The molecule has 0 aromatic heterocycles. The fourth-order valence-electron chi connectivity index (χ4n) is 2.76. The summed E-state index contributed by atoms with van der Waals surface area (Å²) in [6.07, 6.45) is 3.29. The molecular weight excluding hydrogens is 250 g/mol. The van der Waals surface area contributed by atoms with Crippen molar-refractivity contribution in [1.29, 1.82) is 5.26 Å². The Kier molecular flexibility index (Phi) is 3.41. The Hall–Kier alpha value is -1.57. The SMILES string of the molecule is CC1(O)CCN(c2ccc(CNC3CC3)cc2C#N)C1. The van der Waals surface area contributed by atoms with Crippen LogP contribution in [0.5, 0.6) is 0 Å². The van der Waals surface area contributed by atoms with Crippen LogP contribution in [0.15, 0.2) is 18.2 Å². The van der Waals surface area contributed by atoms with Crippen molar-refractivity contribution in [2.24, 2.45) is 0 Å². The number of hydrogen-bond acceptors (Lipinski definition) is 4. The molecule has 0 amide bonds. The van der Waals surface area contributed by atoms with Crippen molar-refractivity contribution in [2.45, 2.75) is 44.4 Å². The van der Waals surface area contributed by atoms with Gasteiger partial charge in [0.2, 0.25) is 0 Å². The second-order valence-corrected chi connectivity index (χ2v) is 6.29. The molecule has 4 nitrogen and oxygen atoms in total. The average molecular weight is 271 g/mol. The highest BCUT2D eigenvalue weighted by Gasteiger charge is 2.32. The van der Waals surface area contributed by atoms with Gasteiger partial charge in [0.15, 0.2) is 0 Å². The predicted molar refractivity (Wildman–Crippen MR) is 78.5 cm³/mol. The van der Waals surface area contributed by atoms with Crippen LogP contribution in [-0.4, -0.2) is 29.8 Å². The minimum absolute atomic E-state index is 0.599. The summed E-state index contributed by atoms with van der Waals surface area (Å²) >= 11 is 0. The Balaban J connectivity index is 1.75. The van der Waals surface area contributed by atoms with Gasteiger partial charge in [0, 0.05) is 25.7 Å². The van der Waals surface area contributed by atoms with Gasteiger partial charge >= 0.3 is 0 Å². The number of nitrogens with zero attached hydrogens (tertiary/aromatic N) is 2. The second kappa shape index (κ2) is 5.08. The first-order chi connectivity index (χ1) is 9.57. The van der Waals surface area contributed by atoms with E-state index in [1.54, 1.807) is 0 Å². The fraction of sp³-hybridized carbons (Fsp3) is 0.562. The van der Waals surface area contributed by atoms with Gasteiger partial charge in [-0.15, -0.1) is 0 Å². The first kappa shape index (κ1) is 13.4. The molecule has 20 heavy (non-hydrogen) atoms. The summed E-state index contributed by atoms with van der Waals surface area (Å²) in [7, 11) is 0. The van der Waals surface area contributed by atoms with Crippen molar-refractivity contribution < 1.29 is 5.11 Å². The Labute approximate surface area is 120 Å². The molecule has 106 valence electrons. The van der Waals surface area contributed by atoms with E-state index in [9.17, 15) is 10.4 Å².